The fraction of sp³-hybridized carbons (Fsp3) is 0.154. The normalized spacial score (nSPS) is 9.67. The molecule has 0 radical (unpaired) electrons. The lowest BCUT2D eigenvalue weighted by Gasteiger charge is -2.10. The molecule has 0 amide bonds. The molecule has 0 saturated carbocycles. The van der Waals surface area contributed by atoms with E-state index in [1.54, 1.807) is 18.5 Å². The van der Waals surface area contributed by atoms with Crippen molar-refractivity contribution in [1.82, 2.24) is 4.98 Å². The first-order valence-electron chi connectivity index (χ1n) is 5.15. The van der Waals surface area contributed by atoms with Gasteiger partial charge in [0.05, 0.1) is 5.88 Å². The monoisotopic (exact) mass is 303 g/mol. The maximum absolute atomic E-state index is 5.89. The molecule has 0 unspecified atom stereocenters. The number of hydrogen-bond acceptors (Lipinski definition) is 2. The van der Waals surface area contributed by atoms with Crippen molar-refractivity contribution < 1.29 is 4.74 Å². The summed E-state index contributed by atoms with van der Waals surface area (Å²) in [5.74, 6) is 1.14. The van der Waals surface area contributed by atoms with E-state index in [1.807, 2.05) is 24.3 Å². The van der Waals surface area contributed by atoms with Gasteiger partial charge in [0.25, 0.3) is 0 Å². The molecule has 1 heterocycles. The Morgan fingerprint density at radius 1 is 1.22 bits per heavy atom. The Hall–Kier alpha value is -0.960. The Bertz CT molecular complexity index is 491. The zero-order valence-corrected chi connectivity index (χ0v) is 11.8. The maximum atomic E-state index is 5.89. The molecule has 18 heavy (non-hydrogen) atoms. The van der Waals surface area contributed by atoms with Gasteiger partial charge in [0.1, 0.15) is 12.4 Å². The van der Waals surface area contributed by atoms with Crippen molar-refractivity contribution in [2.75, 3.05) is 0 Å². The molecular formula is C13H12Cl3NO. The van der Waals surface area contributed by atoms with Gasteiger partial charge >= 0.3 is 0 Å². The van der Waals surface area contributed by atoms with Gasteiger partial charge in [-0.05, 0) is 24.3 Å². The third-order valence-electron chi connectivity index (χ3n) is 2.28. The van der Waals surface area contributed by atoms with Crippen molar-refractivity contribution in [3.05, 3.63) is 58.9 Å². The average Bonchev–Trinajstić information content (AvgIpc) is 2.38. The SMILES string of the molecule is Cl.ClCc1cc(Cl)ccc1OCc1cccnc1. The van der Waals surface area contributed by atoms with E-state index in [-0.39, 0.29) is 12.4 Å². The van der Waals surface area contributed by atoms with Crippen LogP contribution in [0.3, 0.4) is 0 Å². The number of hydrogen-bond donors (Lipinski definition) is 0. The van der Waals surface area contributed by atoms with Crippen LogP contribution in [0.4, 0.5) is 0 Å². The molecule has 0 bridgehead atoms. The predicted molar refractivity (Wildman–Crippen MR) is 76.8 cm³/mol. The van der Waals surface area contributed by atoms with Crippen LogP contribution in [0, 0.1) is 0 Å². The summed E-state index contributed by atoms with van der Waals surface area (Å²) in [6.45, 7) is 0.472. The van der Waals surface area contributed by atoms with E-state index in [1.165, 1.54) is 0 Å². The van der Waals surface area contributed by atoms with E-state index in [2.05, 4.69) is 4.98 Å². The Balaban J connectivity index is 0.00000162. The largest absolute Gasteiger partial charge is 0.489 e. The summed E-state index contributed by atoms with van der Waals surface area (Å²) >= 11 is 11.7. The number of ether oxygens (including phenoxy) is 1. The van der Waals surface area contributed by atoms with Crippen LogP contribution in [0.5, 0.6) is 5.75 Å². The molecule has 1 aromatic carbocycles. The van der Waals surface area contributed by atoms with E-state index in [9.17, 15) is 0 Å². The van der Waals surface area contributed by atoms with Crippen molar-refractivity contribution in [3.8, 4) is 5.75 Å². The van der Waals surface area contributed by atoms with Crippen LogP contribution in [0.15, 0.2) is 42.7 Å². The van der Waals surface area contributed by atoms with Crippen molar-refractivity contribution >= 4 is 35.6 Å². The first-order chi connectivity index (χ1) is 8.29. The Kier molecular flexibility index (Phi) is 6.27. The smallest absolute Gasteiger partial charge is 0.124 e. The third kappa shape index (κ3) is 4.05. The molecule has 2 nitrogen and oxygen atoms in total. The molecule has 0 saturated heterocycles. The van der Waals surface area contributed by atoms with Gasteiger partial charge in [-0.25, -0.2) is 0 Å². The highest BCUT2D eigenvalue weighted by Crippen LogP contribution is 2.25. The molecule has 0 aliphatic heterocycles. The molecule has 0 aliphatic carbocycles. The summed E-state index contributed by atoms with van der Waals surface area (Å²) < 4.78 is 5.69. The molecule has 2 rings (SSSR count). The van der Waals surface area contributed by atoms with Crippen LogP contribution in [0.1, 0.15) is 11.1 Å². The lowest BCUT2D eigenvalue weighted by molar-refractivity contribution is 0.303. The van der Waals surface area contributed by atoms with E-state index in [0.29, 0.717) is 17.5 Å². The zero-order valence-electron chi connectivity index (χ0n) is 9.48. The van der Waals surface area contributed by atoms with Crippen LogP contribution in [-0.4, -0.2) is 4.98 Å². The minimum absolute atomic E-state index is 0. The summed E-state index contributed by atoms with van der Waals surface area (Å²) in [6.07, 6.45) is 3.51. The third-order valence-corrected chi connectivity index (χ3v) is 2.81. The molecule has 0 spiro atoms. The van der Waals surface area contributed by atoms with Crippen molar-refractivity contribution in [2.45, 2.75) is 12.5 Å². The first-order valence-corrected chi connectivity index (χ1v) is 6.07. The topological polar surface area (TPSA) is 22.1 Å². The van der Waals surface area contributed by atoms with Crippen LogP contribution in [-0.2, 0) is 12.5 Å². The highest BCUT2D eigenvalue weighted by molar-refractivity contribution is 6.30. The second kappa shape index (κ2) is 7.47. The van der Waals surface area contributed by atoms with Gasteiger partial charge in [-0.3, -0.25) is 4.98 Å². The van der Waals surface area contributed by atoms with Gasteiger partial charge < -0.3 is 4.74 Å². The van der Waals surface area contributed by atoms with Crippen LogP contribution >= 0.6 is 35.6 Å². The maximum Gasteiger partial charge on any atom is 0.124 e. The molecule has 0 fully saturated rings. The van der Waals surface area contributed by atoms with E-state index >= 15 is 0 Å². The standard InChI is InChI=1S/C13H11Cl2NO.ClH/c14-7-11-6-12(15)3-4-13(11)17-9-10-2-1-5-16-8-10;/h1-6,8H,7,9H2;1H. The van der Waals surface area contributed by atoms with Crippen molar-refractivity contribution in [2.24, 2.45) is 0 Å². The lowest BCUT2D eigenvalue weighted by Crippen LogP contribution is -1.98. The predicted octanol–water partition coefficient (Wildman–Crippen LogP) is 4.47. The average molecular weight is 305 g/mol. The lowest BCUT2D eigenvalue weighted by atomic mass is 10.2. The van der Waals surface area contributed by atoms with Gasteiger partial charge in [0.2, 0.25) is 0 Å². The van der Waals surface area contributed by atoms with Crippen LogP contribution in [0.2, 0.25) is 5.02 Å². The van der Waals surface area contributed by atoms with Crippen LogP contribution < -0.4 is 4.74 Å². The Morgan fingerprint density at radius 3 is 2.72 bits per heavy atom. The quantitative estimate of drug-likeness (QED) is 0.777. The van der Waals surface area contributed by atoms with Crippen molar-refractivity contribution in [3.63, 3.8) is 0 Å². The van der Waals surface area contributed by atoms with E-state index in [4.69, 9.17) is 27.9 Å². The number of alkyl halides is 1. The van der Waals surface area contributed by atoms with Crippen molar-refractivity contribution in [1.29, 1.82) is 0 Å². The molecule has 96 valence electrons. The second-order valence-corrected chi connectivity index (χ2v) is 4.24. The van der Waals surface area contributed by atoms with E-state index in [0.717, 1.165) is 16.9 Å². The molecule has 0 aliphatic rings. The number of halogens is 3. The number of benzene rings is 1. The number of rotatable bonds is 4. The minimum atomic E-state index is 0. The molecule has 2 aromatic rings. The molecular weight excluding hydrogens is 293 g/mol. The summed E-state index contributed by atoms with van der Waals surface area (Å²) in [7, 11) is 0. The van der Waals surface area contributed by atoms with Gasteiger partial charge in [0, 0.05) is 28.5 Å². The highest BCUT2D eigenvalue weighted by Gasteiger charge is 2.04. The molecule has 0 N–H and O–H groups in total. The summed E-state index contributed by atoms with van der Waals surface area (Å²) in [6, 6.07) is 9.27. The second-order valence-electron chi connectivity index (χ2n) is 3.54. The van der Waals surface area contributed by atoms with E-state index < -0.39 is 0 Å². The fourth-order valence-corrected chi connectivity index (χ4v) is 1.84. The van der Waals surface area contributed by atoms with Crippen LogP contribution in [0.25, 0.3) is 0 Å². The summed E-state index contributed by atoms with van der Waals surface area (Å²) in [4.78, 5) is 4.03. The van der Waals surface area contributed by atoms with Gasteiger partial charge in [-0.1, -0.05) is 17.7 Å². The van der Waals surface area contributed by atoms with Gasteiger partial charge in [-0.2, -0.15) is 0 Å². The minimum Gasteiger partial charge on any atom is -0.489 e. The Morgan fingerprint density at radius 2 is 2.06 bits per heavy atom. The number of pyridine rings is 1. The number of nitrogens with zero attached hydrogens (tertiary/aromatic N) is 1. The summed E-state index contributed by atoms with van der Waals surface area (Å²) in [5.41, 5.74) is 1.91. The molecule has 0 atom stereocenters. The summed E-state index contributed by atoms with van der Waals surface area (Å²) in [5, 5.41) is 0.661. The number of aromatic nitrogens is 1. The van der Waals surface area contributed by atoms with Gasteiger partial charge in [-0.15, -0.1) is 24.0 Å². The zero-order chi connectivity index (χ0) is 12.1. The molecule has 5 heteroatoms. The highest BCUT2D eigenvalue weighted by atomic mass is 35.5. The van der Waals surface area contributed by atoms with Gasteiger partial charge in [0.15, 0.2) is 0 Å². The molecule has 1 aromatic heterocycles. The fourth-order valence-electron chi connectivity index (χ4n) is 1.44. The Labute approximate surface area is 122 Å². The first kappa shape index (κ1) is 15.1.